The first kappa shape index (κ1) is 13.2. The molecule has 0 saturated carbocycles. The van der Waals surface area contributed by atoms with Crippen LogP contribution in [0, 0.1) is 6.92 Å². The summed E-state index contributed by atoms with van der Waals surface area (Å²) in [5, 5.41) is 14.8. The van der Waals surface area contributed by atoms with Crippen molar-refractivity contribution in [3.8, 4) is 0 Å². The molecule has 16 heavy (non-hydrogen) atoms. The van der Waals surface area contributed by atoms with Crippen LogP contribution >= 0.6 is 0 Å². The molecule has 0 aliphatic carbocycles. The highest BCUT2D eigenvalue weighted by molar-refractivity contribution is 7.89. The number of hydrogen-bond acceptors (Lipinski definition) is 3. The molecule has 0 amide bonds. The molecule has 0 aliphatic heterocycles. The molecule has 1 aromatic carbocycles. The Labute approximate surface area is 96.2 Å². The number of nitrogens with two attached hydrogens (primary N) is 1. The van der Waals surface area contributed by atoms with Gasteiger partial charge in [0.05, 0.1) is 10.5 Å². The summed E-state index contributed by atoms with van der Waals surface area (Å²) in [6.45, 7) is 5.22. The van der Waals surface area contributed by atoms with E-state index in [0.29, 0.717) is 6.42 Å². The fourth-order valence-corrected chi connectivity index (χ4v) is 2.05. The fourth-order valence-electron chi connectivity index (χ4n) is 1.48. The summed E-state index contributed by atoms with van der Waals surface area (Å²) in [4.78, 5) is 0.0809. The number of rotatable bonds is 3. The van der Waals surface area contributed by atoms with Crippen molar-refractivity contribution in [3.05, 3.63) is 29.3 Å². The van der Waals surface area contributed by atoms with E-state index in [0.717, 1.165) is 11.1 Å². The Morgan fingerprint density at radius 3 is 2.38 bits per heavy atom. The van der Waals surface area contributed by atoms with Gasteiger partial charge in [0.25, 0.3) is 0 Å². The first-order chi connectivity index (χ1) is 7.09. The molecular formula is C11H17NO3S. The van der Waals surface area contributed by atoms with Crippen LogP contribution in [0.1, 0.15) is 25.0 Å². The van der Waals surface area contributed by atoms with Crippen LogP contribution in [0.4, 0.5) is 0 Å². The first-order valence-electron chi connectivity index (χ1n) is 4.94. The molecule has 90 valence electrons. The van der Waals surface area contributed by atoms with Gasteiger partial charge >= 0.3 is 0 Å². The zero-order chi connectivity index (χ0) is 12.6. The zero-order valence-electron chi connectivity index (χ0n) is 9.69. The number of primary sulfonamides is 1. The second kappa shape index (κ2) is 4.16. The molecule has 0 spiro atoms. The molecule has 4 nitrogen and oxygen atoms in total. The summed E-state index contributed by atoms with van der Waals surface area (Å²) in [6, 6.07) is 4.68. The van der Waals surface area contributed by atoms with Gasteiger partial charge in [-0.3, -0.25) is 0 Å². The second-order valence-electron chi connectivity index (χ2n) is 4.62. The van der Waals surface area contributed by atoms with Crippen molar-refractivity contribution in [1.29, 1.82) is 0 Å². The predicted molar refractivity (Wildman–Crippen MR) is 62.6 cm³/mol. The van der Waals surface area contributed by atoms with Crippen molar-refractivity contribution in [2.75, 3.05) is 0 Å². The van der Waals surface area contributed by atoms with Crippen molar-refractivity contribution >= 4 is 10.0 Å². The smallest absolute Gasteiger partial charge is 0.238 e. The second-order valence-corrected chi connectivity index (χ2v) is 6.18. The molecule has 0 bridgehead atoms. The van der Waals surface area contributed by atoms with Gasteiger partial charge in [-0.15, -0.1) is 0 Å². The van der Waals surface area contributed by atoms with E-state index < -0.39 is 15.6 Å². The van der Waals surface area contributed by atoms with E-state index in [2.05, 4.69) is 0 Å². The van der Waals surface area contributed by atoms with Crippen LogP contribution in [0.3, 0.4) is 0 Å². The lowest BCUT2D eigenvalue weighted by atomic mass is 9.95. The SMILES string of the molecule is Cc1ccc(S(N)(=O)=O)cc1CC(C)(C)O. The minimum Gasteiger partial charge on any atom is -0.390 e. The Bertz CT molecular complexity index is 486. The van der Waals surface area contributed by atoms with Crippen LogP contribution in [-0.2, 0) is 16.4 Å². The van der Waals surface area contributed by atoms with Gasteiger partial charge in [0.2, 0.25) is 10.0 Å². The Hall–Kier alpha value is -0.910. The molecule has 5 heteroatoms. The maximum Gasteiger partial charge on any atom is 0.238 e. The van der Waals surface area contributed by atoms with Crippen LogP contribution in [0.15, 0.2) is 23.1 Å². The summed E-state index contributed by atoms with van der Waals surface area (Å²) in [7, 11) is -3.68. The lowest BCUT2D eigenvalue weighted by Gasteiger charge is -2.18. The van der Waals surface area contributed by atoms with E-state index in [1.165, 1.54) is 12.1 Å². The van der Waals surface area contributed by atoms with Crippen LogP contribution in [0.25, 0.3) is 0 Å². The van der Waals surface area contributed by atoms with Gasteiger partial charge in [0.1, 0.15) is 0 Å². The molecule has 0 fully saturated rings. The highest BCUT2D eigenvalue weighted by Crippen LogP contribution is 2.19. The number of benzene rings is 1. The van der Waals surface area contributed by atoms with Gasteiger partial charge in [-0.05, 0) is 44.0 Å². The summed E-state index contributed by atoms with van der Waals surface area (Å²) in [6.07, 6.45) is 0.391. The standard InChI is InChI=1S/C11H17NO3S/c1-8-4-5-10(16(12,14)15)6-9(8)7-11(2,3)13/h4-6,13H,7H2,1-3H3,(H2,12,14,15). The first-order valence-corrected chi connectivity index (χ1v) is 6.49. The third-order valence-corrected chi connectivity index (χ3v) is 3.18. The predicted octanol–water partition coefficient (Wildman–Crippen LogP) is 0.956. The third kappa shape index (κ3) is 3.59. The molecule has 3 N–H and O–H groups in total. The molecule has 0 heterocycles. The minimum atomic E-state index is -3.68. The van der Waals surface area contributed by atoms with E-state index in [4.69, 9.17) is 5.14 Å². The van der Waals surface area contributed by atoms with Crippen LogP contribution in [-0.4, -0.2) is 19.1 Å². The maximum absolute atomic E-state index is 11.2. The van der Waals surface area contributed by atoms with Gasteiger partial charge < -0.3 is 5.11 Å². The maximum atomic E-state index is 11.2. The van der Waals surface area contributed by atoms with E-state index in [-0.39, 0.29) is 4.90 Å². The topological polar surface area (TPSA) is 80.4 Å². The minimum absolute atomic E-state index is 0.0809. The van der Waals surface area contributed by atoms with Crippen molar-refractivity contribution in [2.24, 2.45) is 5.14 Å². The highest BCUT2D eigenvalue weighted by Gasteiger charge is 2.17. The number of sulfonamides is 1. The quantitative estimate of drug-likeness (QED) is 0.829. The van der Waals surface area contributed by atoms with Gasteiger partial charge in [0.15, 0.2) is 0 Å². The van der Waals surface area contributed by atoms with Gasteiger partial charge in [-0.1, -0.05) is 6.07 Å². The average Bonchev–Trinajstić information content (AvgIpc) is 2.04. The summed E-state index contributed by atoms with van der Waals surface area (Å²) >= 11 is 0. The van der Waals surface area contributed by atoms with Gasteiger partial charge in [-0.25, -0.2) is 13.6 Å². The summed E-state index contributed by atoms with van der Waals surface area (Å²) < 4.78 is 22.4. The molecule has 0 atom stereocenters. The van der Waals surface area contributed by atoms with Crippen LogP contribution in [0.2, 0.25) is 0 Å². The highest BCUT2D eigenvalue weighted by atomic mass is 32.2. The molecule has 0 saturated heterocycles. The molecule has 0 aromatic heterocycles. The summed E-state index contributed by atoms with van der Waals surface area (Å²) in [5.41, 5.74) is 0.857. The Morgan fingerprint density at radius 1 is 1.38 bits per heavy atom. The van der Waals surface area contributed by atoms with Crippen molar-refractivity contribution in [2.45, 2.75) is 37.7 Å². The largest absolute Gasteiger partial charge is 0.390 e. The molecule has 1 aromatic rings. The monoisotopic (exact) mass is 243 g/mol. The van der Waals surface area contributed by atoms with E-state index in [9.17, 15) is 13.5 Å². The van der Waals surface area contributed by atoms with E-state index >= 15 is 0 Å². The number of hydrogen-bond donors (Lipinski definition) is 2. The van der Waals surface area contributed by atoms with Crippen molar-refractivity contribution in [1.82, 2.24) is 0 Å². The Morgan fingerprint density at radius 2 is 1.94 bits per heavy atom. The van der Waals surface area contributed by atoms with Crippen molar-refractivity contribution < 1.29 is 13.5 Å². The van der Waals surface area contributed by atoms with E-state index in [1.54, 1.807) is 19.9 Å². The van der Waals surface area contributed by atoms with Crippen LogP contribution in [0.5, 0.6) is 0 Å². The molecule has 0 unspecified atom stereocenters. The average molecular weight is 243 g/mol. The normalized spacial score (nSPS) is 12.8. The number of aryl methyl sites for hydroxylation is 1. The fraction of sp³-hybridized carbons (Fsp3) is 0.455. The Balaban J connectivity index is 3.20. The third-order valence-electron chi connectivity index (χ3n) is 2.27. The zero-order valence-corrected chi connectivity index (χ0v) is 10.5. The van der Waals surface area contributed by atoms with Crippen LogP contribution < -0.4 is 5.14 Å². The lowest BCUT2D eigenvalue weighted by molar-refractivity contribution is 0.0807. The van der Waals surface area contributed by atoms with E-state index in [1.807, 2.05) is 6.92 Å². The molecular weight excluding hydrogens is 226 g/mol. The van der Waals surface area contributed by atoms with Gasteiger partial charge in [-0.2, -0.15) is 0 Å². The number of aliphatic hydroxyl groups is 1. The van der Waals surface area contributed by atoms with Crippen molar-refractivity contribution in [3.63, 3.8) is 0 Å². The van der Waals surface area contributed by atoms with Gasteiger partial charge in [0, 0.05) is 6.42 Å². The molecule has 1 rings (SSSR count). The summed E-state index contributed by atoms with van der Waals surface area (Å²) in [5.74, 6) is 0. The molecule has 0 radical (unpaired) electrons. The molecule has 0 aliphatic rings. The Kier molecular flexibility index (Phi) is 3.42. The lowest BCUT2D eigenvalue weighted by Crippen LogP contribution is -2.23.